The SMILES string of the molecule is C=C(c1cc2c3c(c1)nc(-c1cc4cc(F)ccc4n1CC1CC1)n3CCN2C)N1CCCC(N)C1. The molecular weight excluding hydrogens is 451 g/mol. The maximum atomic E-state index is 14.1. The first-order chi connectivity index (χ1) is 17.5. The molecular formula is C29H33FN6. The average Bonchev–Trinajstić information content (AvgIpc) is 3.52. The molecule has 186 valence electrons. The molecule has 0 spiro atoms. The number of nitrogens with two attached hydrogens (primary N) is 1. The third-order valence-electron chi connectivity index (χ3n) is 8.29. The van der Waals surface area contributed by atoms with Gasteiger partial charge in [0.05, 0.1) is 22.4 Å². The van der Waals surface area contributed by atoms with Crippen LogP contribution in [-0.2, 0) is 13.1 Å². The molecule has 2 aromatic carbocycles. The molecule has 7 heteroatoms. The molecule has 0 radical (unpaired) electrons. The van der Waals surface area contributed by atoms with E-state index in [9.17, 15) is 4.39 Å². The zero-order valence-corrected chi connectivity index (χ0v) is 20.9. The summed E-state index contributed by atoms with van der Waals surface area (Å²) in [5, 5.41) is 0.939. The van der Waals surface area contributed by atoms with Crippen molar-refractivity contribution in [1.82, 2.24) is 19.0 Å². The number of hydrogen-bond acceptors (Lipinski definition) is 4. The van der Waals surface area contributed by atoms with Crippen LogP contribution in [0.4, 0.5) is 10.1 Å². The van der Waals surface area contributed by atoms with Gasteiger partial charge in [0.2, 0.25) is 0 Å². The summed E-state index contributed by atoms with van der Waals surface area (Å²) in [6.45, 7) is 9.04. The summed E-state index contributed by atoms with van der Waals surface area (Å²) in [5.41, 5.74) is 13.9. The fourth-order valence-electron chi connectivity index (χ4n) is 6.11. The predicted molar refractivity (Wildman–Crippen MR) is 144 cm³/mol. The first-order valence-electron chi connectivity index (χ1n) is 13.2. The molecule has 4 heterocycles. The maximum absolute atomic E-state index is 14.1. The van der Waals surface area contributed by atoms with Crippen molar-refractivity contribution in [3.05, 3.63) is 54.4 Å². The quantitative estimate of drug-likeness (QED) is 0.431. The van der Waals surface area contributed by atoms with E-state index in [2.05, 4.69) is 50.8 Å². The van der Waals surface area contributed by atoms with E-state index in [4.69, 9.17) is 10.7 Å². The number of hydrogen-bond donors (Lipinski definition) is 1. The smallest absolute Gasteiger partial charge is 0.157 e. The summed E-state index contributed by atoms with van der Waals surface area (Å²) >= 11 is 0. The Hall–Kier alpha value is -3.32. The topological polar surface area (TPSA) is 55.2 Å². The predicted octanol–water partition coefficient (Wildman–Crippen LogP) is 5.05. The van der Waals surface area contributed by atoms with E-state index in [0.29, 0.717) is 5.92 Å². The van der Waals surface area contributed by atoms with Crippen LogP contribution in [0.5, 0.6) is 0 Å². The van der Waals surface area contributed by atoms with Crippen molar-refractivity contribution in [3.63, 3.8) is 0 Å². The van der Waals surface area contributed by atoms with E-state index in [-0.39, 0.29) is 11.9 Å². The van der Waals surface area contributed by atoms with Gasteiger partial charge in [0.25, 0.3) is 0 Å². The second-order valence-corrected chi connectivity index (χ2v) is 11.0. The van der Waals surface area contributed by atoms with Crippen LogP contribution in [0, 0.1) is 11.7 Å². The molecule has 2 N–H and O–H groups in total. The highest BCUT2D eigenvalue weighted by molar-refractivity contribution is 5.96. The molecule has 7 rings (SSSR count). The molecule has 36 heavy (non-hydrogen) atoms. The lowest BCUT2D eigenvalue weighted by Crippen LogP contribution is -2.41. The third-order valence-corrected chi connectivity index (χ3v) is 8.29. The summed E-state index contributed by atoms with van der Waals surface area (Å²) in [4.78, 5) is 9.88. The van der Waals surface area contributed by atoms with Crippen LogP contribution in [0.25, 0.3) is 39.2 Å². The summed E-state index contributed by atoms with van der Waals surface area (Å²) < 4.78 is 18.8. The van der Waals surface area contributed by atoms with Gasteiger partial charge < -0.3 is 24.7 Å². The fraction of sp³-hybridized carbons (Fsp3) is 0.414. The van der Waals surface area contributed by atoms with Crippen LogP contribution in [0.1, 0.15) is 31.2 Å². The molecule has 1 aliphatic carbocycles. The van der Waals surface area contributed by atoms with Gasteiger partial charge in [0, 0.05) is 68.0 Å². The van der Waals surface area contributed by atoms with E-state index < -0.39 is 0 Å². The highest BCUT2D eigenvalue weighted by Gasteiger charge is 2.29. The molecule has 1 saturated heterocycles. The van der Waals surface area contributed by atoms with Crippen LogP contribution >= 0.6 is 0 Å². The normalized spacial score (nSPS) is 20.0. The minimum absolute atomic E-state index is 0.197. The Labute approximate surface area is 210 Å². The number of nitrogens with zero attached hydrogens (tertiary/aromatic N) is 5. The lowest BCUT2D eigenvalue weighted by Gasteiger charge is -2.34. The van der Waals surface area contributed by atoms with E-state index in [1.807, 2.05) is 6.07 Å². The summed E-state index contributed by atoms with van der Waals surface area (Å²) in [5.74, 6) is 1.47. The van der Waals surface area contributed by atoms with Gasteiger partial charge >= 0.3 is 0 Å². The van der Waals surface area contributed by atoms with Crippen LogP contribution in [0.2, 0.25) is 0 Å². The highest BCUT2D eigenvalue weighted by atomic mass is 19.1. The van der Waals surface area contributed by atoms with Gasteiger partial charge in [0.15, 0.2) is 5.82 Å². The van der Waals surface area contributed by atoms with Gasteiger partial charge in [-0.2, -0.15) is 0 Å². The second-order valence-electron chi connectivity index (χ2n) is 11.0. The maximum Gasteiger partial charge on any atom is 0.157 e. The zero-order chi connectivity index (χ0) is 24.6. The summed E-state index contributed by atoms with van der Waals surface area (Å²) in [6, 6.07) is 11.9. The number of imidazole rings is 1. The zero-order valence-electron chi connectivity index (χ0n) is 20.9. The highest BCUT2D eigenvalue weighted by Crippen LogP contribution is 2.40. The van der Waals surface area contributed by atoms with E-state index in [1.165, 1.54) is 24.0 Å². The first-order valence-corrected chi connectivity index (χ1v) is 13.2. The van der Waals surface area contributed by atoms with Crippen molar-refractivity contribution in [3.8, 4) is 11.5 Å². The van der Waals surface area contributed by atoms with Gasteiger partial charge in [-0.15, -0.1) is 0 Å². The monoisotopic (exact) mass is 484 g/mol. The first kappa shape index (κ1) is 21.9. The number of benzene rings is 2. The Morgan fingerprint density at radius 1 is 1.11 bits per heavy atom. The molecule has 2 fully saturated rings. The van der Waals surface area contributed by atoms with E-state index >= 15 is 0 Å². The number of piperidine rings is 1. The van der Waals surface area contributed by atoms with Gasteiger partial charge in [-0.1, -0.05) is 6.58 Å². The largest absolute Gasteiger partial charge is 0.371 e. The molecule has 2 aromatic heterocycles. The Morgan fingerprint density at radius 2 is 1.97 bits per heavy atom. The molecule has 0 amide bonds. The molecule has 2 aliphatic heterocycles. The van der Waals surface area contributed by atoms with Crippen LogP contribution in [0.3, 0.4) is 0 Å². The Kier molecular flexibility index (Phi) is 4.93. The number of likely N-dealkylation sites (tertiary alicyclic amines) is 1. The molecule has 3 aliphatic rings. The Balaban J connectivity index is 1.39. The Morgan fingerprint density at radius 3 is 2.78 bits per heavy atom. The standard InChI is InChI=1S/C29H33FN6/c1-18(34-9-3-4-23(31)17-34)20-13-24-28-26(14-20)33(2)10-11-35(28)29(32-24)27-15-21-12-22(30)7-8-25(21)36(27)16-19-5-6-19/h7-8,12-15,19,23H,1,3-6,9-11,16-17,31H2,2H3. The number of rotatable bonds is 5. The number of halogens is 1. The van der Waals surface area contributed by atoms with Crippen molar-refractivity contribution < 1.29 is 4.39 Å². The van der Waals surface area contributed by atoms with Crippen LogP contribution in [0.15, 0.2) is 43.0 Å². The van der Waals surface area contributed by atoms with Crippen molar-refractivity contribution >= 4 is 33.3 Å². The number of fused-ring (bicyclic) bond motifs is 1. The van der Waals surface area contributed by atoms with Crippen molar-refractivity contribution in [2.45, 2.75) is 44.8 Å². The molecule has 1 unspecified atom stereocenters. The van der Waals surface area contributed by atoms with Gasteiger partial charge in [0.1, 0.15) is 5.82 Å². The van der Waals surface area contributed by atoms with E-state index in [1.54, 1.807) is 12.1 Å². The van der Waals surface area contributed by atoms with Crippen molar-refractivity contribution in [2.75, 3.05) is 31.6 Å². The van der Waals surface area contributed by atoms with Crippen LogP contribution < -0.4 is 10.6 Å². The molecule has 6 nitrogen and oxygen atoms in total. The van der Waals surface area contributed by atoms with Crippen molar-refractivity contribution in [2.24, 2.45) is 11.7 Å². The van der Waals surface area contributed by atoms with Crippen molar-refractivity contribution in [1.29, 1.82) is 0 Å². The molecule has 4 aromatic rings. The number of likely N-dealkylation sites (N-methyl/N-ethyl adjacent to an activating group) is 1. The van der Waals surface area contributed by atoms with Gasteiger partial charge in [-0.25, -0.2) is 9.37 Å². The lowest BCUT2D eigenvalue weighted by atomic mass is 10.0. The van der Waals surface area contributed by atoms with E-state index in [0.717, 1.165) is 84.8 Å². The van der Waals surface area contributed by atoms with Gasteiger partial charge in [-0.3, -0.25) is 0 Å². The summed E-state index contributed by atoms with van der Waals surface area (Å²) in [6.07, 6.45) is 4.69. The minimum atomic E-state index is -0.197. The minimum Gasteiger partial charge on any atom is -0.371 e. The second kappa shape index (κ2) is 8.10. The molecule has 0 bridgehead atoms. The lowest BCUT2D eigenvalue weighted by molar-refractivity contribution is 0.296. The molecule has 1 atom stereocenters. The fourth-order valence-corrected chi connectivity index (χ4v) is 6.11. The average molecular weight is 485 g/mol. The third kappa shape index (κ3) is 3.52. The molecule has 1 saturated carbocycles. The Bertz CT molecular complexity index is 1510. The van der Waals surface area contributed by atoms with Gasteiger partial charge in [-0.05, 0) is 68.0 Å². The number of aromatic nitrogens is 3. The number of anilines is 1. The van der Waals surface area contributed by atoms with Crippen LogP contribution in [-0.4, -0.2) is 51.7 Å². The summed E-state index contributed by atoms with van der Waals surface area (Å²) in [7, 11) is 2.15.